The second-order valence-electron chi connectivity index (χ2n) is 6.21. The molecule has 23 heavy (non-hydrogen) atoms. The van der Waals surface area contributed by atoms with E-state index in [1.54, 1.807) is 6.26 Å². The van der Waals surface area contributed by atoms with Crippen molar-refractivity contribution in [1.29, 1.82) is 0 Å². The molecule has 2 aromatic rings. The zero-order valence-electron chi connectivity index (χ0n) is 13.2. The Morgan fingerprint density at radius 3 is 3.17 bits per heavy atom. The molecule has 6 nitrogen and oxygen atoms in total. The summed E-state index contributed by atoms with van der Waals surface area (Å²) in [5, 5.41) is 11.6. The molecule has 6 heteroatoms. The lowest BCUT2D eigenvalue weighted by atomic mass is 10.1. The van der Waals surface area contributed by atoms with E-state index in [1.165, 1.54) is 0 Å². The van der Waals surface area contributed by atoms with Crippen molar-refractivity contribution in [3.63, 3.8) is 0 Å². The fourth-order valence-corrected chi connectivity index (χ4v) is 3.30. The molecule has 0 saturated heterocycles. The number of rotatable bonds is 4. The van der Waals surface area contributed by atoms with Crippen molar-refractivity contribution in [1.82, 2.24) is 15.1 Å². The van der Waals surface area contributed by atoms with Crippen LogP contribution in [-0.4, -0.2) is 34.1 Å². The zero-order chi connectivity index (χ0) is 15.8. The zero-order valence-corrected chi connectivity index (χ0v) is 13.2. The molecule has 1 N–H and O–H groups in total. The molecule has 1 aliphatic carbocycles. The molecule has 2 atom stereocenters. The van der Waals surface area contributed by atoms with Crippen LogP contribution < -0.4 is 5.32 Å². The van der Waals surface area contributed by atoms with Crippen LogP contribution in [0.1, 0.15) is 36.3 Å². The summed E-state index contributed by atoms with van der Waals surface area (Å²) >= 11 is 0. The Hall–Kier alpha value is -2.37. The maximum Gasteiger partial charge on any atom is 0.226 e. The average Bonchev–Trinajstić information content (AvgIpc) is 3.18. The standard InChI is InChI=1S/C17H20N4O2/c1-2-18-16-8-11-10-21(6-5-14(11)19-20-16)17(22)13-9-12(13)15-4-3-7-23-15/h3-4,7-8,12-13H,2,5-6,9-10H2,1H3,(H,18,20)/t12-,13+/m0/s1. The maximum atomic E-state index is 12.7. The first-order chi connectivity index (χ1) is 11.3. The van der Waals surface area contributed by atoms with Crippen LogP contribution in [0, 0.1) is 5.92 Å². The van der Waals surface area contributed by atoms with E-state index in [-0.39, 0.29) is 17.7 Å². The Labute approximate surface area is 134 Å². The van der Waals surface area contributed by atoms with E-state index in [4.69, 9.17) is 4.42 Å². The Bertz CT molecular complexity index is 713. The van der Waals surface area contributed by atoms with Gasteiger partial charge >= 0.3 is 0 Å². The van der Waals surface area contributed by atoms with Crippen LogP contribution in [0.2, 0.25) is 0 Å². The minimum absolute atomic E-state index is 0.0748. The summed E-state index contributed by atoms with van der Waals surface area (Å²) in [6, 6.07) is 5.86. The predicted octanol–water partition coefficient (Wildman–Crippen LogP) is 2.19. The van der Waals surface area contributed by atoms with Gasteiger partial charge in [-0.15, -0.1) is 5.10 Å². The molecule has 120 valence electrons. The number of nitrogens with zero attached hydrogens (tertiary/aromatic N) is 3. The first-order valence-corrected chi connectivity index (χ1v) is 8.17. The molecule has 0 bridgehead atoms. The average molecular weight is 312 g/mol. The normalized spacial score (nSPS) is 22.6. The number of nitrogens with one attached hydrogen (secondary N) is 1. The summed E-state index contributed by atoms with van der Waals surface area (Å²) < 4.78 is 5.43. The lowest BCUT2D eigenvalue weighted by Crippen LogP contribution is -2.37. The molecule has 0 radical (unpaired) electrons. The van der Waals surface area contributed by atoms with Crippen molar-refractivity contribution in [3.8, 4) is 0 Å². The number of furan rings is 1. The van der Waals surface area contributed by atoms with Crippen LogP contribution in [0.15, 0.2) is 28.9 Å². The number of aromatic nitrogens is 2. The molecule has 1 fully saturated rings. The molecule has 1 aliphatic heterocycles. The highest BCUT2D eigenvalue weighted by atomic mass is 16.3. The number of amides is 1. The van der Waals surface area contributed by atoms with Crippen molar-refractivity contribution in [2.75, 3.05) is 18.4 Å². The highest BCUT2D eigenvalue weighted by Gasteiger charge is 2.47. The number of hydrogen-bond acceptors (Lipinski definition) is 5. The van der Waals surface area contributed by atoms with Crippen molar-refractivity contribution < 1.29 is 9.21 Å². The quantitative estimate of drug-likeness (QED) is 0.937. The van der Waals surface area contributed by atoms with Crippen LogP contribution in [0.3, 0.4) is 0 Å². The number of fused-ring (bicyclic) bond motifs is 1. The highest BCUT2D eigenvalue weighted by molar-refractivity contribution is 5.83. The number of hydrogen-bond donors (Lipinski definition) is 1. The van der Waals surface area contributed by atoms with Crippen LogP contribution in [0.25, 0.3) is 0 Å². The van der Waals surface area contributed by atoms with E-state index in [0.29, 0.717) is 6.54 Å². The van der Waals surface area contributed by atoms with Crippen LogP contribution in [-0.2, 0) is 17.8 Å². The minimum Gasteiger partial charge on any atom is -0.469 e. The summed E-state index contributed by atoms with van der Waals surface area (Å²) in [4.78, 5) is 14.7. The maximum absolute atomic E-state index is 12.7. The van der Waals surface area contributed by atoms with Gasteiger partial charge in [-0.3, -0.25) is 4.79 Å². The molecule has 2 aliphatic rings. The molecule has 0 spiro atoms. The largest absolute Gasteiger partial charge is 0.469 e. The summed E-state index contributed by atoms with van der Waals surface area (Å²) in [6.45, 7) is 4.19. The third-order valence-corrected chi connectivity index (χ3v) is 4.63. The Balaban J connectivity index is 1.45. The summed E-state index contributed by atoms with van der Waals surface area (Å²) in [5.41, 5.74) is 2.11. The molecule has 0 unspecified atom stereocenters. The first kappa shape index (κ1) is 14.2. The third-order valence-electron chi connectivity index (χ3n) is 4.63. The van der Waals surface area contributed by atoms with Gasteiger partial charge in [-0.1, -0.05) is 0 Å². The second kappa shape index (κ2) is 5.68. The molecule has 1 amide bonds. The van der Waals surface area contributed by atoms with Gasteiger partial charge in [0.15, 0.2) is 0 Å². The smallest absolute Gasteiger partial charge is 0.226 e. The van der Waals surface area contributed by atoms with Gasteiger partial charge in [0.05, 0.1) is 12.0 Å². The lowest BCUT2D eigenvalue weighted by molar-refractivity contribution is -0.133. The van der Waals surface area contributed by atoms with Gasteiger partial charge in [0.2, 0.25) is 5.91 Å². The van der Waals surface area contributed by atoms with Gasteiger partial charge in [-0.2, -0.15) is 5.10 Å². The summed E-state index contributed by atoms with van der Waals surface area (Å²) in [5.74, 6) is 2.28. The van der Waals surface area contributed by atoms with E-state index in [0.717, 1.165) is 48.8 Å². The lowest BCUT2D eigenvalue weighted by Gasteiger charge is -2.28. The molecular formula is C17H20N4O2. The van der Waals surface area contributed by atoms with E-state index in [1.807, 2.05) is 30.0 Å². The molecule has 2 aromatic heterocycles. The van der Waals surface area contributed by atoms with Crippen LogP contribution >= 0.6 is 0 Å². The molecule has 4 rings (SSSR count). The molecule has 0 aromatic carbocycles. The Kier molecular flexibility index (Phi) is 3.52. The number of anilines is 1. The van der Waals surface area contributed by atoms with E-state index in [9.17, 15) is 4.79 Å². The van der Waals surface area contributed by atoms with E-state index in [2.05, 4.69) is 15.5 Å². The minimum atomic E-state index is 0.0748. The van der Waals surface area contributed by atoms with E-state index >= 15 is 0 Å². The summed E-state index contributed by atoms with van der Waals surface area (Å²) in [7, 11) is 0. The van der Waals surface area contributed by atoms with E-state index < -0.39 is 0 Å². The first-order valence-electron chi connectivity index (χ1n) is 8.17. The molecule has 3 heterocycles. The van der Waals surface area contributed by atoms with Crippen LogP contribution in [0.4, 0.5) is 5.82 Å². The van der Waals surface area contributed by atoms with Gasteiger partial charge in [0, 0.05) is 37.9 Å². The van der Waals surface area contributed by atoms with Crippen molar-refractivity contribution in [3.05, 3.63) is 41.5 Å². The van der Waals surface area contributed by atoms with Crippen LogP contribution in [0.5, 0.6) is 0 Å². The Morgan fingerprint density at radius 1 is 1.48 bits per heavy atom. The predicted molar refractivity (Wildman–Crippen MR) is 84.9 cm³/mol. The topological polar surface area (TPSA) is 71.3 Å². The fraction of sp³-hybridized carbons (Fsp3) is 0.471. The Morgan fingerprint density at radius 2 is 2.39 bits per heavy atom. The third kappa shape index (κ3) is 2.69. The molecular weight excluding hydrogens is 292 g/mol. The number of carbonyl (C=O) groups is 1. The van der Waals surface area contributed by atoms with Crippen molar-refractivity contribution in [2.45, 2.75) is 32.2 Å². The second-order valence-corrected chi connectivity index (χ2v) is 6.21. The van der Waals surface area contributed by atoms with Gasteiger partial charge in [-0.05, 0) is 37.1 Å². The highest BCUT2D eigenvalue weighted by Crippen LogP contribution is 2.48. The fourth-order valence-electron chi connectivity index (χ4n) is 3.30. The van der Waals surface area contributed by atoms with Crippen molar-refractivity contribution in [2.24, 2.45) is 5.92 Å². The molecule has 1 saturated carbocycles. The van der Waals surface area contributed by atoms with Gasteiger partial charge in [-0.25, -0.2) is 0 Å². The van der Waals surface area contributed by atoms with Crippen molar-refractivity contribution >= 4 is 11.7 Å². The van der Waals surface area contributed by atoms with Gasteiger partial charge < -0.3 is 14.6 Å². The van der Waals surface area contributed by atoms with Gasteiger partial charge in [0.25, 0.3) is 0 Å². The SMILES string of the molecule is CCNc1cc2c(nn1)CCN(C(=O)[C@@H]1C[C@@H]1c1ccco1)C2. The summed E-state index contributed by atoms with van der Waals surface area (Å²) in [6.07, 6.45) is 3.35. The number of carbonyl (C=O) groups excluding carboxylic acids is 1. The van der Waals surface area contributed by atoms with Gasteiger partial charge in [0.1, 0.15) is 11.6 Å². The monoisotopic (exact) mass is 312 g/mol.